The van der Waals surface area contributed by atoms with E-state index in [0.29, 0.717) is 16.3 Å². The molecule has 0 fully saturated rings. The van der Waals surface area contributed by atoms with Crippen molar-refractivity contribution in [2.24, 2.45) is 0 Å². The van der Waals surface area contributed by atoms with Crippen molar-refractivity contribution in [3.05, 3.63) is 75.6 Å². The predicted molar refractivity (Wildman–Crippen MR) is 108 cm³/mol. The number of thiazole rings is 1. The number of amidine groups is 1. The summed E-state index contributed by atoms with van der Waals surface area (Å²) >= 11 is 1.40. The first-order valence-electron chi connectivity index (χ1n) is 8.51. The summed E-state index contributed by atoms with van der Waals surface area (Å²) < 4.78 is 13.2. The molecule has 0 saturated carbocycles. The van der Waals surface area contributed by atoms with Gasteiger partial charge in [-0.2, -0.15) is 0 Å². The van der Waals surface area contributed by atoms with E-state index in [1.54, 1.807) is 17.0 Å². The first kappa shape index (κ1) is 17.4. The highest BCUT2D eigenvalue weighted by Crippen LogP contribution is 2.34. The molecule has 4 rings (SSSR count). The quantitative estimate of drug-likeness (QED) is 0.646. The van der Waals surface area contributed by atoms with Crippen molar-refractivity contribution in [1.29, 1.82) is 5.41 Å². The largest absolute Gasteiger partial charge is 0.510 e. The average Bonchev–Trinajstić information content (AvgIpc) is 3.23. The third kappa shape index (κ3) is 3.13. The normalized spacial score (nSPS) is 14.3. The zero-order valence-corrected chi connectivity index (χ0v) is 15.8. The second kappa shape index (κ2) is 6.63. The number of benzene rings is 2. The Kier molecular flexibility index (Phi) is 4.28. The highest BCUT2D eigenvalue weighted by molar-refractivity contribution is 7.11. The molecule has 27 heavy (non-hydrogen) atoms. The number of aliphatic hydroxyl groups is 1. The minimum absolute atomic E-state index is 0.102. The number of halogens is 1. The van der Waals surface area contributed by atoms with Crippen LogP contribution >= 0.6 is 11.3 Å². The van der Waals surface area contributed by atoms with Crippen LogP contribution < -0.4 is 4.90 Å². The van der Waals surface area contributed by atoms with Crippen LogP contribution in [0.15, 0.2) is 53.6 Å². The average molecular weight is 379 g/mol. The van der Waals surface area contributed by atoms with E-state index in [0.717, 1.165) is 11.3 Å². The lowest BCUT2D eigenvalue weighted by Crippen LogP contribution is -2.25. The standard InChI is InChI=1S/C21H18FN3OS/c1-12-3-4-14(9-13(12)2)17-11-27-21(24-17)19-18(26)10-25(20(19)23)16-7-5-15(22)6-8-16/h3-9,11,23,26H,10H2,1-2H3. The molecule has 0 saturated heterocycles. The Labute approximate surface area is 160 Å². The molecule has 2 aromatic carbocycles. The lowest BCUT2D eigenvalue weighted by atomic mass is 10.1. The zero-order valence-electron chi connectivity index (χ0n) is 15.0. The minimum atomic E-state index is -0.333. The van der Waals surface area contributed by atoms with Gasteiger partial charge in [-0.1, -0.05) is 12.1 Å². The van der Waals surface area contributed by atoms with Crippen molar-refractivity contribution in [2.45, 2.75) is 13.8 Å². The lowest BCUT2D eigenvalue weighted by Gasteiger charge is -2.18. The number of nitrogens with one attached hydrogen (secondary N) is 1. The summed E-state index contributed by atoms with van der Waals surface area (Å²) in [6.45, 7) is 4.31. The van der Waals surface area contributed by atoms with Gasteiger partial charge in [0.15, 0.2) is 0 Å². The monoisotopic (exact) mass is 379 g/mol. The maximum absolute atomic E-state index is 13.2. The van der Waals surface area contributed by atoms with Crippen molar-refractivity contribution in [2.75, 3.05) is 11.4 Å². The first-order valence-corrected chi connectivity index (χ1v) is 9.39. The van der Waals surface area contributed by atoms with E-state index in [4.69, 9.17) is 5.41 Å². The van der Waals surface area contributed by atoms with Crippen molar-refractivity contribution < 1.29 is 9.50 Å². The van der Waals surface area contributed by atoms with Crippen LogP contribution in [-0.2, 0) is 0 Å². The van der Waals surface area contributed by atoms with E-state index in [1.165, 1.54) is 34.6 Å². The predicted octanol–water partition coefficient (Wildman–Crippen LogP) is 5.33. The van der Waals surface area contributed by atoms with E-state index in [9.17, 15) is 9.50 Å². The highest BCUT2D eigenvalue weighted by atomic mass is 32.1. The maximum Gasteiger partial charge on any atom is 0.139 e. The Morgan fingerprint density at radius 3 is 2.56 bits per heavy atom. The summed E-state index contributed by atoms with van der Waals surface area (Å²) in [5.74, 6) is -0.0646. The molecule has 1 aromatic heterocycles. The number of rotatable bonds is 3. The summed E-state index contributed by atoms with van der Waals surface area (Å²) in [5.41, 5.74) is 5.35. The molecule has 2 heterocycles. The third-order valence-electron chi connectivity index (χ3n) is 4.76. The Morgan fingerprint density at radius 2 is 1.85 bits per heavy atom. The van der Waals surface area contributed by atoms with Crippen LogP contribution in [0.4, 0.5) is 10.1 Å². The molecule has 0 radical (unpaired) electrons. The number of anilines is 1. The van der Waals surface area contributed by atoms with E-state index in [-0.39, 0.29) is 24.0 Å². The van der Waals surface area contributed by atoms with Crippen molar-refractivity contribution >= 4 is 28.4 Å². The van der Waals surface area contributed by atoms with Gasteiger partial charge in [-0.3, -0.25) is 5.41 Å². The summed E-state index contributed by atoms with van der Waals surface area (Å²) in [6.07, 6.45) is 0. The van der Waals surface area contributed by atoms with Gasteiger partial charge in [0.2, 0.25) is 0 Å². The second-order valence-electron chi connectivity index (χ2n) is 6.57. The van der Waals surface area contributed by atoms with Gasteiger partial charge in [-0.15, -0.1) is 11.3 Å². The Balaban J connectivity index is 1.64. The second-order valence-corrected chi connectivity index (χ2v) is 7.43. The number of aromatic nitrogens is 1. The van der Waals surface area contributed by atoms with Gasteiger partial charge in [0.1, 0.15) is 22.4 Å². The van der Waals surface area contributed by atoms with Gasteiger partial charge >= 0.3 is 0 Å². The van der Waals surface area contributed by atoms with Crippen LogP contribution in [0, 0.1) is 25.1 Å². The molecule has 0 spiro atoms. The molecule has 0 bridgehead atoms. The molecule has 3 aromatic rings. The van der Waals surface area contributed by atoms with Crippen molar-refractivity contribution in [3.8, 4) is 11.3 Å². The molecular formula is C21H18FN3OS. The van der Waals surface area contributed by atoms with Crippen molar-refractivity contribution in [1.82, 2.24) is 4.98 Å². The Morgan fingerprint density at radius 1 is 1.11 bits per heavy atom. The fourth-order valence-electron chi connectivity index (χ4n) is 3.07. The SMILES string of the molecule is Cc1ccc(-c2csc(C3=C(O)CN(c4ccc(F)cc4)C3=N)n2)cc1C. The Hall–Kier alpha value is -2.99. The number of nitrogens with zero attached hydrogens (tertiary/aromatic N) is 2. The molecule has 4 nitrogen and oxygen atoms in total. The van der Waals surface area contributed by atoms with Gasteiger partial charge in [0.05, 0.1) is 17.8 Å². The summed E-state index contributed by atoms with van der Waals surface area (Å²) in [6, 6.07) is 12.1. The molecule has 0 unspecified atom stereocenters. The molecule has 1 aliphatic rings. The van der Waals surface area contributed by atoms with Gasteiger partial charge in [0, 0.05) is 16.6 Å². The maximum atomic E-state index is 13.2. The lowest BCUT2D eigenvalue weighted by molar-refractivity contribution is 0.411. The molecular weight excluding hydrogens is 361 g/mol. The molecule has 0 amide bonds. The van der Waals surface area contributed by atoms with Gasteiger partial charge in [-0.05, 0) is 55.3 Å². The van der Waals surface area contributed by atoms with Crippen LogP contribution in [0.3, 0.4) is 0 Å². The fourth-order valence-corrected chi connectivity index (χ4v) is 3.96. The topological polar surface area (TPSA) is 60.2 Å². The van der Waals surface area contributed by atoms with Crippen LogP contribution in [0.2, 0.25) is 0 Å². The molecule has 136 valence electrons. The number of hydrogen-bond donors (Lipinski definition) is 2. The van der Waals surface area contributed by atoms with Crippen LogP contribution in [0.1, 0.15) is 16.1 Å². The Bertz CT molecular complexity index is 1070. The minimum Gasteiger partial charge on any atom is -0.510 e. The number of hydrogen-bond acceptors (Lipinski definition) is 4. The molecule has 6 heteroatoms. The van der Waals surface area contributed by atoms with E-state index >= 15 is 0 Å². The van der Waals surface area contributed by atoms with Crippen LogP contribution in [0.5, 0.6) is 0 Å². The van der Waals surface area contributed by atoms with Crippen molar-refractivity contribution in [3.63, 3.8) is 0 Å². The van der Waals surface area contributed by atoms with Gasteiger partial charge in [-0.25, -0.2) is 9.37 Å². The summed E-state index contributed by atoms with van der Waals surface area (Å²) in [4.78, 5) is 6.29. The smallest absolute Gasteiger partial charge is 0.139 e. The van der Waals surface area contributed by atoms with Gasteiger partial charge < -0.3 is 10.0 Å². The molecule has 2 N–H and O–H groups in total. The first-order chi connectivity index (χ1) is 12.9. The highest BCUT2D eigenvalue weighted by Gasteiger charge is 2.31. The van der Waals surface area contributed by atoms with E-state index in [1.807, 2.05) is 11.4 Å². The summed E-state index contributed by atoms with van der Waals surface area (Å²) in [7, 11) is 0. The fraction of sp³-hybridized carbons (Fsp3) is 0.143. The van der Waals surface area contributed by atoms with E-state index < -0.39 is 0 Å². The van der Waals surface area contributed by atoms with Gasteiger partial charge in [0.25, 0.3) is 0 Å². The summed E-state index contributed by atoms with van der Waals surface area (Å²) in [5, 5.41) is 21.5. The molecule has 0 aliphatic carbocycles. The molecule has 1 aliphatic heterocycles. The van der Waals surface area contributed by atoms with Crippen LogP contribution in [0.25, 0.3) is 16.8 Å². The van der Waals surface area contributed by atoms with Crippen LogP contribution in [-0.4, -0.2) is 22.5 Å². The molecule has 0 atom stereocenters. The number of aryl methyl sites for hydroxylation is 2. The third-order valence-corrected chi connectivity index (χ3v) is 5.62. The van der Waals surface area contributed by atoms with E-state index in [2.05, 4.69) is 31.0 Å². The number of aliphatic hydroxyl groups excluding tert-OH is 1. The zero-order chi connectivity index (χ0) is 19.1.